The minimum atomic E-state index is -0.345. The van der Waals surface area contributed by atoms with Crippen LogP contribution in [0.3, 0.4) is 0 Å². The van der Waals surface area contributed by atoms with E-state index >= 15 is 0 Å². The Morgan fingerprint density at radius 1 is 1.14 bits per heavy atom. The van der Waals surface area contributed by atoms with Gasteiger partial charge in [0.15, 0.2) is 0 Å². The molecule has 0 heterocycles. The number of amides is 2. The number of hydrogen-bond donors (Lipinski definition) is 3. The minimum absolute atomic E-state index is 0.0375. The van der Waals surface area contributed by atoms with Gasteiger partial charge in [-0.3, -0.25) is 9.59 Å². The summed E-state index contributed by atoms with van der Waals surface area (Å²) in [6, 6.07) is 12.1. The van der Waals surface area contributed by atoms with Crippen molar-refractivity contribution in [2.24, 2.45) is 0 Å². The molecule has 0 fully saturated rings. The average Bonchev–Trinajstić information content (AvgIpc) is 2.44. The van der Waals surface area contributed by atoms with E-state index in [0.717, 1.165) is 11.1 Å². The molecule has 5 nitrogen and oxygen atoms in total. The van der Waals surface area contributed by atoms with E-state index in [1.165, 1.54) is 6.92 Å². The average molecular weight is 298 g/mol. The van der Waals surface area contributed by atoms with Crippen LogP contribution in [0.1, 0.15) is 28.4 Å². The Hall–Kier alpha value is -2.82. The molecule has 2 aromatic rings. The second kappa shape index (κ2) is 6.76. The summed E-state index contributed by atoms with van der Waals surface area (Å²) < 4.78 is 0. The van der Waals surface area contributed by atoms with Gasteiger partial charge in [-0.15, -0.1) is 0 Å². The molecule has 0 radical (unpaired) electrons. The fourth-order valence-electron chi connectivity index (χ4n) is 2.07. The Kier molecular flexibility index (Phi) is 4.78. The lowest BCUT2D eigenvalue weighted by molar-refractivity contribution is -0.114. The number of carbonyl (C=O) groups excluding carboxylic acids is 2. The SMILES string of the molecule is CC(=O)Nc1cccc(CNC(=O)c2ccc(C)cc2O)c1. The summed E-state index contributed by atoms with van der Waals surface area (Å²) in [4.78, 5) is 23.1. The zero-order valence-corrected chi connectivity index (χ0v) is 12.5. The van der Waals surface area contributed by atoms with E-state index in [-0.39, 0.29) is 23.1 Å². The van der Waals surface area contributed by atoms with Crippen molar-refractivity contribution >= 4 is 17.5 Å². The summed E-state index contributed by atoms with van der Waals surface area (Å²) >= 11 is 0. The van der Waals surface area contributed by atoms with Crippen LogP contribution in [0, 0.1) is 6.92 Å². The molecule has 114 valence electrons. The number of benzene rings is 2. The Morgan fingerprint density at radius 3 is 2.59 bits per heavy atom. The smallest absolute Gasteiger partial charge is 0.255 e. The van der Waals surface area contributed by atoms with Crippen molar-refractivity contribution in [3.63, 3.8) is 0 Å². The third-order valence-electron chi connectivity index (χ3n) is 3.10. The first kappa shape index (κ1) is 15.6. The second-order valence-electron chi connectivity index (χ2n) is 5.08. The van der Waals surface area contributed by atoms with Crippen LogP contribution in [0.4, 0.5) is 5.69 Å². The van der Waals surface area contributed by atoms with Crippen LogP contribution in [0.5, 0.6) is 5.75 Å². The van der Waals surface area contributed by atoms with Gasteiger partial charge in [0, 0.05) is 19.2 Å². The van der Waals surface area contributed by atoms with Crippen molar-refractivity contribution in [2.75, 3.05) is 5.32 Å². The lowest BCUT2D eigenvalue weighted by atomic mass is 10.1. The molecule has 2 rings (SSSR count). The van der Waals surface area contributed by atoms with Gasteiger partial charge in [-0.1, -0.05) is 18.2 Å². The maximum Gasteiger partial charge on any atom is 0.255 e. The topological polar surface area (TPSA) is 78.4 Å². The first-order chi connectivity index (χ1) is 10.5. The van der Waals surface area contributed by atoms with Gasteiger partial charge in [0.25, 0.3) is 5.91 Å². The lowest BCUT2D eigenvalue weighted by Gasteiger charge is -2.09. The molecule has 0 aliphatic rings. The molecule has 2 amide bonds. The van der Waals surface area contributed by atoms with Gasteiger partial charge in [0.1, 0.15) is 5.75 Å². The van der Waals surface area contributed by atoms with E-state index in [1.54, 1.807) is 36.4 Å². The van der Waals surface area contributed by atoms with Gasteiger partial charge in [0.2, 0.25) is 5.91 Å². The highest BCUT2D eigenvalue weighted by Crippen LogP contribution is 2.18. The first-order valence-corrected chi connectivity index (χ1v) is 6.90. The number of hydrogen-bond acceptors (Lipinski definition) is 3. The van der Waals surface area contributed by atoms with E-state index in [1.807, 2.05) is 13.0 Å². The molecule has 0 aliphatic carbocycles. The summed E-state index contributed by atoms with van der Waals surface area (Å²) in [6.45, 7) is 3.59. The molecule has 0 saturated heterocycles. The Labute approximate surface area is 129 Å². The van der Waals surface area contributed by atoms with E-state index in [9.17, 15) is 14.7 Å². The molecule has 0 bridgehead atoms. The quantitative estimate of drug-likeness (QED) is 0.812. The number of phenolic OH excluding ortho intramolecular Hbond substituents is 1. The highest BCUT2D eigenvalue weighted by Gasteiger charge is 2.10. The van der Waals surface area contributed by atoms with Crippen molar-refractivity contribution < 1.29 is 14.7 Å². The molecule has 2 aromatic carbocycles. The van der Waals surface area contributed by atoms with Crippen molar-refractivity contribution in [2.45, 2.75) is 20.4 Å². The van der Waals surface area contributed by atoms with Crippen LogP contribution in [0.25, 0.3) is 0 Å². The van der Waals surface area contributed by atoms with Crippen molar-refractivity contribution in [3.05, 3.63) is 59.2 Å². The number of aryl methyl sites for hydroxylation is 1. The molecule has 3 N–H and O–H groups in total. The highest BCUT2D eigenvalue weighted by molar-refractivity contribution is 5.96. The van der Waals surface area contributed by atoms with Crippen molar-refractivity contribution in [1.29, 1.82) is 0 Å². The predicted octanol–water partition coefficient (Wildman–Crippen LogP) is 2.59. The van der Waals surface area contributed by atoms with Gasteiger partial charge < -0.3 is 15.7 Å². The number of anilines is 1. The Morgan fingerprint density at radius 2 is 1.91 bits per heavy atom. The first-order valence-electron chi connectivity index (χ1n) is 6.90. The summed E-state index contributed by atoms with van der Waals surface area (Å²) in [5.41, 5.74) is 2.66. The van der Waals surface area contributed by atoms with Gasteiger partial charge in [-0.2, -0.15) is 0 Å². The van der Waals surface area contributed by atoms with Crippen LogP contribution in [0.15, 0.2) is 42.5 Å². The molecule has 0 atom stereocenters. The van der Waals surface area contributed by atoms with Crippen molar-refractivity contribution in [3.8, 4) is 5.75 Å². The third-order valence-corrected chi connectivity index (χ3v) is 3.10. The molecular weight excluding hydrogens is 280 g/mol. The van der Waals surface area contributed by atoms with E-state index < -0.39 is 0 Å². The van der Waals surface area contributed by atoms with E-state index in [2.05, 4.69) is 10.6 Å². The summed E-state index contributed by atoms with van der Waals surface area (Å²) in [5.74, 6) is -0.530. The molecule has 0 unspecified atom stereocenters. The monoisotopic (exact) mass is 298 g/mol. The lowest BCUT2D eigenvalue weighted by Crippen LogP contribution is -2.23. The number of phenols is 1. The molecule has 0 aliphatic heterocycles. The van der Waals surface area contributed by atoms with Crippen LogP contribution >= 0.6 is 0 Å². The highest BCUT2D eigenvalue weighted by atomic mass is 16.3. The van der Waals surface area contributed by atoms with Gasteiger partial charge >= 0.3 is 0 Å². The Balaban J connectivity index is 2.03. The fraction of sp³-hybridized carbons (Fsp3) is 0.176. The van der Waals surface area contributed by atoms with Crippen LogP contribution in [-0.2, 0) is 11.3 Å². The molecular formula is C17H18N2O3. The maximum absolute atomic E-state index is 12.1. The predicted molar refractivity (Wildman–Crippen MR) is 84.8 cm³/mol. The minimum Gasteiger partial charge on any atom is -0.507 e. The normalized spacial score (nSPS) is 10.1. The number of aromatic hydroxyl groups is 1. The largest absolute Gasteiger partial charge is 0.507 e. The molecule has 0 aromatic heterocycles. The molecule has 0 spiro atoms. The van der Waals surface area contributed by atoms with Crippen molar-refractivity contribution in [1.82, 2.24) is 5.32 Å². The number of carbonyl (C=O) groups is 2. The third kappa shape index (κ3) is 4.09. The van der Waals surface area contributed by atoms with Gasteiger partial charge in [0.05, 0.1) is 5.56 Å². The maximum atomic E-state index is 12.1. The van der Waals surface area contributed by atoms with Gasteiger partial charge in [-0.05, 0) is 42.3 Å². The van der Waals surface area contributed by atoms with Crippen LogP contribution < -0.4 is 10.6 Å². The standard InChI is InChI=1S/C17H18N2O3/c1-11-6-7-15(16(21)8-11)17(22)18-10-13-4-3-5-14(9-13)19-12(2)20/h3-9,21H,10H2,1-2H3,(H,18,22)(H,19,20). The van der Waals surface area contributed by atoms with Crippen LogP contribution in [0.2, 0.25) is 0 Å². The number of nitrogens with one attached hydrogen (secondary N) is 2. The zero-order valence-electron chi connectivity index (χ0n) is 12.5. The van der Waals surface area contributed by atoms with Gasteiger partial charge in [-0.25, -0.2) is 0 Å². The van der Waals surface area contributed by atoms with E-state index in [4.69, 9.17) is 0 Å². The Bertz CT molecular complexity index is 711. The fourth-order valence-corrected chi connectivity index (χ4v) is 2.07. The molecule has 22 heavy (non-hydrogen) atoms. The molecule has 5 heteroatoms. The summed E-state index contributed by atoms with van der Waals surface area (Å²) in [7, 11) is 0. The summed E-state index contributed by atoms with van der Waals surface area (Å²) in [6.07, 6.45) is 0. The zero-order chi connectivity index (χ0) is 16.1. The van der Waals surface area contributed by atoms with Crippen LogP contribution in [-0.4, -0.2) is 16.9 Å². The van der Waals surface area contributed by atoms with E-state index in [0.29, 0.717) is 12.2 Å². The molecule has 0 saturated carbocycles. The second-order valence-corrected chi connectivity index (χ2v) is 5.08. The number of rotatable bonds is 4. The summed E-state index contributed by atoms with van der Waals surface area (Å²) in [5, 5.41) is 15.2.